The minimum Gasteiger partial charge on any atom is -0.386 e. The lowest BCUT2D eigenvalue weighted by Crippen LogP contribution is -2.11. The molecule has 2 rings (SSSR count). The van der Waals surface area contributed by atoms with Crippen molar-refractivity contribution in [3.8, 4) is 0 Å². The van der Waals surface area contributed by atoms with Crippen molar-refractivity contribution in [1.29, 1.82) is 0 Å². The zero-order valence-electron chi connectivity index (χ0n) is 11.8. The summed E-state index contributed by atoms with van der Waals surface area (Å²) < 4.78 is 1.79. The molecule has 2 aromatic rings. The van der Waals surface area contributed by atoms with Crippen LogP contribution in [0.15, 0.2) is 24.4 Å². The van der Waals surface area contributed by atoms with Crippen LogP contribution in [0.2, 0.25) is 0 Å². The molecule has 0 radical (unpaired) electrons. The van der Waals surface area contributed by atoms with E-state index in [4.69, 9.17) is 0 Å². The number of nitrogens with zero attached hydrogens (tertiary/aromatic N) is 3. The van der Waals surface area contributed by atoms with Gasteiger partial charge in [0.1, 0.15) is 6.10 Å². The Morgan fingerprint density at radius 1 is 1.21 bits per heavy atom. The van der Waals surface area contributed by atoms with Crippen LogP contribution in [0.5, 0.6) is 0 Å². The molecule has 0 fully saturated rings. The summed E-state index contributed by atoms with van der Waals surface area (Å²) in [7, 11) is 0. The second-order valence-electron chi connectivity index (χ2n) is 5.10. The van der Waals surface area contributed by atoms with E-state index in [0.29, 0.717) is 6.42 Å². The molecule has 0 amide bonds. The number of benzene rings is 1. The number of rotatable bonds is 5. The molecule has 1 aromatic carbocycles. The molecular formula is C15H21N3O. The molecule has 1 unspecified atom stereocenters. The zero-order chi connectivity index (χ0) is 13.8. The molecule has 1 N–H and O–H groups in total. The van der Waals surface area contributed by atoms with Crippen LogP contribution < -0.4 is 0 Å². The van der Waals surface area contributed by atoms with E-state index in [1.165, 1.54) is 11.1 Å². The first-order chi connectivity index (χ1) is 9.10. The van der Waals surface area contributed by atoms with Gasteiger partial charge in [0.15, 0.2) is 0 Å². The van der Waals surface area contributed by atoms with Crippen molar-refractivity contribution in [2.24, 2.45) is 0 Å². The molecule has 4 nitrogen and oxygen atoms in total. The summed E-state index contributed by atoms with van der Waals surface area (Å²) in [6.45, 7) is 7.03. The number of aliphatic hydroxyl groups excluding tert-OH is 1. The van der Waals surface area contributed by atoms with Crippen molar-refractivity contribution < 1.29 is 5.11 Å². The maximum atomic E-state index is 10.4. The molecule has 0 aliphatic rings. The van der Waals surface area contributed by atoms with E-state index in [1.54, 1.807) is 10.9 Å². The highest BCUT2D eigenvalue weighted by atomic mass is 16.3. The molecule has 0 spiro atoms. The Morgan fingerprint density at radius 3 is 2.53 bits per heavy atom. The van der Waals surface area contributed by atoms with E-state index < -0.39 is 6.10 Å². The fourth-order valence-electron chi connectivity index (χ4n) is 2.42. The van der Waals surface area contributed by atoms with Crippen LogP contribution in [0.4, 0.5) is 0 Å². The van der Waals surface area contributed by atoms with Gasteiger partial charge >= 0.3 is 0 Å². The van der Waals surface area contributed by atoms with Crippen LogP contribution in [-0.2, 0) is 13.0 Å². The zero-order valence-corrected chi connectivity index (χ0v) is 11.8. The predicted molar refractivity (Wildman–Crippen MR) is 74.9 cm³/mol. The van der Waals surface area contributed by atoms with Crippen LogP contribution in [0.25, 0.3) is 0 Å². The number of aryl methyl sites for hydroxylation is 3. The van der Waals surface area contributed by atoms with Gasteiger partial charge in [0.05, 0.1) is 11.9 Å². The number of aromatic nitrogens is 3. The largest absolute Gasteiger partial charge is 0.386 e. The van der Waals surface area contributed by atoms with Crippen molar-refractivity contribution in [2.75, 3.05) is 0 Å². The van der Waals surface area contributed by atoms with Gasteiger partial charge < -0.3 is 5.11 Å². The Bertz CT molecular complexity index is 528. The van der Waals surface area contributed by atoms with Gasteiger partial charge in [-0.15, -0.1) is 5.10 Å². The first-order valence-corrected chi connectivity index (χ1v) is 6.73. The van der Waals surface area contributed by atoms with E-state index in [0.717, 1.165) is 24.2 Å². The highest BCUT2D eigenvalue weighted by Gasteiger charge is 2.14. The third kappa shape index (κ3) is 3.41. The molecule has 19 heavy (non-hydrogen) atoms. The molecule has 0 aliphatic carbocycles. The molecule has 4 heteroatoms. The molecule has 1 aromatic heterocycles. The van der Waals surface area contributed by atoms with E-state index in [9.17, 15) is 5.11 Å². The molecule has 102 valence electrons. The molecule has 0 saturated carbocycles. The Balaban J connectivity index is 2.15. The van der Waals surface area contributed by atoms with E-state index in [1.807, 2.05) is 0 Å². The summed E-state index contributed by atoms with van der Waals surface area (Å²) in [6, 6.07) is 6.37. The second kappa shape index (κ2) is 5.97. The maximum absolute atomic E-state index is 10.4. The van der Waals surface area contributed by atoms with Crippen molar-refractivity contribution in [3.05, 3.63) is 46.8 Å². The second-order valence-corrected chi connectivity index (χ2v) is 5.10. The SMILES string of the molecule is CCCn1nncc1C(O)Cc1cc(C)cc(C)c1. The van der Waals surface area contributed by atoms with Gasteiger partial charge in [0, 0.05) is 13.0 Å². The lowest BCUT2D eigenvalue weighted by Gasteiger charge is -2.13. The normalized spacial score (nSPS) is 12.6. The molecule has 0 aliphatic heterocycles. The van der Waals surface area contributed by atoms with Gasteiger partial charge in [-0.1, -0.05) is 41.5 Å². The van der Waals surface area contributed by atoms with Crippen LogP contribution in [0.1, 0.15) is 41.8 Å². The van der Waals surface area contributed by atoms with Crippen LogP contribution in [0.3, 0.4) is 0 Å². The highest BCUT2D eigenvalue weighted by molar-refractivity contribution is 5.29. The molecule has 0 saturated heterocycles. The highest BCUT2D eigenvalue weighted by Crippen LogP contribution is 2.19. The lowest BCUT2D eigenvalue weighted by molar-refractivity contribution is 0.166. The van der Waals surface area contributed by atoms with Crippen molar-refractivity contribution >= 4 is 0 Å². The molecular weight excluding hydrogens is 238 g/mol. The fourth-order valence-corrected chi connectivity index (χ4v) is 2.42. The molecule has 1 atom stereocenters. The Hall–Kier alpha value is -1.68. The topological polar surface area (TPSA) is 50.9 Å². The van der Waals surface area contributed by atoms with Gasteiger partial charge in [-0.05, 0) is 25.8 Å². The average molecular weight is 259 g/mol. The third-order valence-corrected chi connectivity index (χ3v) is 3.14. The Morgan fingerprint density at radius 2 is 1.89 bits per heavy atom. The molecule has 0 bridgehead atoms. The fraction of sp³-hybridized carbons (Fsp3) is 0.467. The van der Waals surface area contributed by atoms with E-state index in [-0.39, 0.29) is 0 Å². The third-order valence-electron chi connectivity index (χ3n) is 3.14. The van der Waals surface area contributed by atoms with Gasteiger partial charge in [0.2, 0.25) is 0 Å². The van der Waals surface area contributed by atoms with E-state index >= 15 is 0 Å². The minimum atomic E-state index is -0.553. The maximum Gasteiger partial charge on any atom is 0.101 e. The van der Waals surface area contributed by atoms with Gasteiger partial charge in [-0.25, -0.2) is 4.68 Å². The average Bonchev–Trinajstić information content (AvgIpc) is 2.76. The number of hydrogen-bond acceptors (Lipinski definition) is 3. The smallest absolute Gasteiger partial charge is 0.101 e. The monoisotopic (exact) mass is 259 g/mol. The van der Waals surface area contributed by atoms with Gasteiger partial charge in [-0.3, -0.25) is 0 Å². The minimum absolute atomic E-state index is 0.553. The summed E-state index contributed by atoms with van der Waals surface area (Å²) in [5.41, 5.74) is 4.39. The quantitative estimate of drug-likeness (QED) is 0.898. The summed E-state index contributed by atoms with van der Waals surface area (Å²) in [5, 5.41) is 18.3. The lowest BCUT2D eigenvalue weighted by atomic mass is 10.0. The summed E-state index contributed by atoms with van der Waals surface area (Å²) in [5.74, 6) is 0. The van der Waals surface area contributed by atoms with Crippen molar-refractivity contribution in [1.82, 2.24) is 15.0 Å². The van der Waals surface area contributed by atoms with Crippen LogP contribution in [0, 0.1) is 13.8 Å². The predicted octanol–water partition coefficient (Wildman–Crippen LogP) is 2.58. The first-order valence-electron chi connectivity index (χ1n) is 6.73. The Labute approximate surface area is 114 Å². The van der Waals surface area contributed by atoms with Crippen LogP contribution in [-0.4, -0.2) is 20.1 Å². The summed E-state index contributed by atoms with van der Waals surface area (Å²) in [6.07, 6.45) is 2.68. The van der Waals surface area contributed by atoms with Crippen molar-refractivity contribution in [2.45, 2.75) is 46.3 Å². The Kier molecular flexibility index (Phi) is 4.32. The van der Waals surface area contributed by atoms with Crippen molar-refractivity contribution in [3.63, 3.8) is 0 Å². The molecule has 1 heterocycles. The number of hydrogen-bond donors (Lipinski definition) is 1. The van der Waals surface area contributed by atoms with Crippen LogP contribution >= 0.6 is 0 Å². The van der Waals surface area contributed by atoms with E-state index in [2.05, 4.69) is 49.3 Å². The summed E-state index contributed by atoms with van der Waals surface area (Å²) in [4.78, 5) is 0. The van der Waals surface area contributed by atoms with Gasteiger partial charge in [0.25, 0.3) is 0 Å². The first kappa shape index (κ1) is 13.7. The van der Waals surface area contributed by atoms with Gasteiger partial charge in [-0.2, -0.15) is 0 Å². The standard InChI is InChI=1S/C15H21N3O/c1-4-5-18-14(10-16-17-18)15(19)9-13-7-11(2)6-12(3)8-13/h6-8,10,15,19H,4-5,9H2,1-3H3. The number of aliphatic hydroxyl groups is 1. The summed E-state index contributed by atoms with van der Waals surface area (Å²) >= 11 is 0.